The summed E-state index contributed by atoms with van der Waals surface area (Å²) in [5.41, 5.74) is -0.481. The predicted octanol–water partition coefficient (Wildman–Crippen LogP) is 1.51. The lowest BCUT2D eigenvalue weighted by atomic mass is 9.98. The Morgan fingerprint density at radius 3 is 2.75 bits per heavy atom. The average Bonchev–Trinajstić information content (AvgIpc) is 2.65. The second-order valence-corrected chi connectivity index (χ2v) is 6.14. The largest absolute Gasteiger partial charge is 0.388 e. The molecule has 0 radical (unpaired) electrons. The van der Waals surface area contributed by atoms with Gasteiger partial charge in [0.2, 0.25) is 0 Å². The summed E-state index contributed by atoms with van der Waals surface area (Å²) in [7, 11) is 1.73. The van der Waals surface area contributed by atoms with Crippen molar-refractivity contribution in [3.8, 4) is 0 Å². The predicted molar refractivity (Wildman–Crippen MR) is 70.0 cm³/mol. The molecule has 0 spiro atoms. The van der Waals surface area contributed by atoms with E-state index in [1.165, 1.54) is 0 Å². The molecular weight excluding hydrogens is 222 g/mol. The van der Waals surface area contributed by atoms with Crippen molar-refractivity contribution in [2.24, 2.45) is 5.92 Å². The first-order valence-electron chi connectivity index (χ1n) is 6.10. The molecule has 96 valence electrons. The van der Waals surface area contributed by atoms with E-state index in [9.17, 15) is 5.11 Å². The number of hydrogen-bond acceptors (Lipinski definition) is 4. The van der Waals surface area contributed by atoms with Crippen LogP contribution in [0.25, 0.3) is 0 Å². The zero-order chi connectivity index (χ0) is 12.0. The lowest BCUT2D eigenvalue weighted by molar-refractivity contribution is 0.0601. The van der Waals surface area contributed by atoms with E-state index in [-0.39, 0.29) is 0 Å². The molecule has 1 fully saturated rings. The fourth-order valence-corrected chi connectivity index (χ4v) is 3.27. The molecule has 2 N–H and O–H groups in total. The quantitative estimate of drug-likeness (QED) is 0.715. The molecule has 1 heterocycles. The number of nitrogens with one attached hydrogen (secondary N) is 1. The van der Waals surface area contributed by atoms with Crippen LogP contribution < -0.4 is 5.32 Å². The first kappa shape index (κ1) is 14.3. The second-order valence-electron chi connectivity index (χ2n) is 5.04. The van der Waals surface area contributed by atoms with Crippen molar-refractivity contribution in [1.29, 1.82) is 0 Å². The van der Waals surface area contributed by atoms with E-state index in [0.717, 1.165) is 31.0 Å². The molecule has 4 heteroatoms. The maximum Gasteiger partial charge on any atom is 0.0869 e. The molecule has 0 aliphatic carbocycles. The number of rotatable bonds is 7. The summed E-state index contributed by atoms with van der Waals surface area (Å²) in [5.74, 6) is 2.53. The minimum absolute atomic E-state index is 0.439. The number of ether oxygens (including phenoxy) is 1. The molecule has 2 unspecified atom stereocenters. The van der Waals surface area contributed by atoms with Gasteiger partial charge >= 0.3 is 0 Å². The molecule has 3 nitrogen and oxygen atoms in total. The van der Waals surface area contributed by atoms with Gasteiger partial charge in [0.15, 0.2) is 0 Å². The lowest BCUT2D eigenvalue weighted by Crippen LogP contribution is -2.46. The standard InChI is InChI=1S/C12H25NO2S/c1-10(2)11(4-6-15-3)13-8-12(14)5-7-16-9-12/h10-11,13-14H,4-9H2,1-3H3. The van der Waals surface area contributed by atoms with Gasteiger partial charge in [-0.1, -0.05) is 13.8 Å². The lowest BCUT2D eigenvalue weighted by Gasteiger charge is -2.28. The molecule has 0 amide bonds. The van der Waals surface area contributed by atoms with Crippen LogP contribution in [0.2, 0.25) is 0 Å². The molecule has 1 rings (SSSR count). The molecule has 0 bridgehead atoms. The summed E-state index contributed by atoms with van der Waals surface area (Å²) in [6.07, 6.45) is 1.93. The number of thioether (sulfide) groups is 1. The van der Waals surface area contributed by atoms with E-state index in [2.05, 4.69) is 19.2 Å². The van der Waals surface area contributed by atoms with E-state index in [0.29, 0.717) is 18.5 Å². The fourth-order valence-electron chi connectivity index (χ4n) is 1.97. The van der Waals surface area contributed by atoms with Crippen molar-refractivity contribution in [3.05, 3.63) is 0 Å². The van der Waals surface area contributed by atoms with Gasteiger partial charge in [-0.3, -0.25) is 0 Å². The number of aliphatic hydroxyl groups is 1. The van der Waals surface area contributed by atoms with Gasteiger partial charge in [0, 0.05) is 32.1 Å². The van der Waals surface area contributed by atoms with E-state index in [4.69, 9.17) is 4.74 Å². The van der Waals surface area contributed by atoms with Crippen LogP contribution in [0.5, 0.6) is 0 Å². The Balaban J connectivity index is 2.31. The van der Waals surface area contributed by atoms with Gasteiger partial charge in [0.1, 0.15) is 0 Å². The molecule has 1 saturated heterocycles. The summed E-state index contributed by atoms with van der Waals surface area (Å²) in [4.78, 5) is 0. The topological polar surface area (TPSA) is 41.5 Å². The van der Waals surface area contributed by atoms with Crippen molar-refractivity contribution < 1.29 is 9.84 Å². The van der Waals surface area contributed by atoms with Crippen molar-refractivity contribution in [2.45, 2.75) is 38.3 Å². The molecular formula is C12H25NO2S. The Bertz CT molecular complexity index is 193. The van der Waals surface area contributed by atoms with Crippen LogP contribution in [0.4, 0.5) is 0 Å². The van der Waals surface area contributed by atoms with Gasteiger partial charge in [-0.2, -0.15) is 11.8 Å². The van der Waals surface area contributed by atoms with Gasteiger partial charge < -0.3 is 15.2 Å². The van der Waals surface area contributed by atoms with Crippen LogP contribution >= 0.6 is 11.8 Å². The molecule has 1 aliphatic rings. The third-order valence-electron chi connectivity index (χ3n) is 3.21. The zero-order valence-corrected chi connectivity index (χ0v) is 11.5. The van der Waals surface area contributed by atoms with Crippen molar-refractivity contribution >= 4 is 11.8 Å². The Hall–Kier alpha value is 0.230. The normalized spacial score (nSPS) is 27.6. The van der Waals surface area contributed by atoms with Crippen LogP contribution in [0.15, 0.2) is 0 Å². The van der Waals surface area contributed by atoms with Crippen molar-refractivity contribution in [3.63, 3.8) is 0 Å². The summed E-state index contributed by atoms with van der Waals surface area (Å²) in [6, 6.07) is 0.439. The Labute approximate surface area is 103 Å². The summed E-state index contributed by atoms with van der Waals surface area (Å²) in [5, 5.41) is 13.7. The third-order valence-corrected chi connectivity index (χ3v) is 4.45. The van der Waals surface area contributed by atoms with E-state index in [1.807, 2.05) is 11.8 Å². The second kappa shape index (κ2) is 6.84. The van der Waals surface area contributed by atoms with Crippen molar-refractivity contribution in [1.82, 2.24) is 5.32 Å². The highest BCUT2D eigenvalue weighted by Crippen LogP contribution is 2.27. The van der Waals surface area contributed by atoms with Crippen molar-refractivity contribution in [2.75, 3.05) is 31.8 Å². The van der Waals surface area contributed by atoms with E-state index in [1.54, 1.807) is 7.11 Å². The summed E-state index contributed by atoms with van der Waals surface area (Å²) in [6.45, 7) is 5.91. The Kier molecular flexibility index (Phi) is 6.11. The van der Waals surface area contributed by atoms with Gasteiger partial charge in [-0.15, -0.1) is 0 Å². The van der Waals surface area contributed by atoms with Gasteiger partial charge in [0.05, 0.1) is 5.60 Å². The van der Waals surface area contributed by atoms with Crippen LogP contribution in [0, 0.1) is 5.92 Å². The summed E-state index contributed by atoms with van der Waals surface area (Å²) >= 11 is 1.84. The van der Waals surface area contributed by atoms with Crippen LogP contribution in [0.1, 0.15) is 26.7 Å². The van der Waals surface area contributed by atoms with Gasteiger partial charge in [-0.25, -0.2) is 0 Å². The van der Waals surface area contributed by atoms with Gasteiger partial charge in [-0.05, 0) is 24.5 Å². The smallest absolute Gasteiger partial charge is 0.0869 e. The first-order chi connectivity index (χ1) is 7.57. The highest BCUT2D eigenvalue weighted by atomic mass is 32.2. The Morgan fingerprint density at radius 2 is 2.25 bits per heavy atom. The minimum Gasteiger partial charge on any atom is -0.388 e. The maximum atomic E-state index is 10.2. The number of hydrogen-bond donors (Lipinski definition) is 2. The Morgan fingerprint density at radius 1 is 1.50 bits per heavy atom. The highest BCUT2D eigenvalue weighted by molar-refractivity contribution is 7.99. The molecule has 0 aromatic carbocycles. The van der Waals surface area contributed by atoms with E-state index >= 15 is 0 Å². The first-order valence-corrected chi connectivity index (χ1v) is 7.25. The third kappa shape index (κ3) is 4.62. The van der Waals surface area contributed by atoms with E-state index < -0.39 is 5.60 Å². The minimum atomic E-state index is -0.481. The average molecular weight is 247 g/mol. The van der Waals surface area contributed by atoms with Crippen LogP contribution in [-0.4, -0.2) is 48.5 Å². The monoisotopic (exact) mass is 247 g/mol. The van der Waals surface area contributed by atoms with Crippen LogP contribution in [-0.2, 0) is 4.74 Å². The van der Waals surface area contributed by atoms with Gasteiger partial charge in [0.25, 0.3) is 0 Å². The SMILES string of the molecule is COCCC(NCC1(O)CCSC1)C(C)C. The highest BCUT2D eigenvalue weighted by Gasteiger charge is 2.32. The molecule has 2 atom stereocenters. The maximum absolute atomic E-state index is 10.2. The zero-order valence-electron chi connectivity index (χ0n) is 10.7. The number of methoxy groups -OCH3 is 1. The van der Waals surface area contributed by atoms with Crippen LogP contribution in [0.3, 0.4) is 0 Å². The fraction of sp³-hybridized carbons (Fsp3) is 1.00. The molecule has 1 aliphatic heterocycles. The molecule has 0 aromatic heterocycles. The molecule has 0 saturated carbocycles. The summed E-state index contributed by atoms with van der Waals surface area (Å²) < 4.78 is 5.11. The molecule has 16 heavy (non-hydrogen) atoms. The molecule has 0 aromatic rings.